The molecule has 0 atom stereocenters. The molecule has 0 saturated carbocycles. The maximum Gasteiger partial charge on any atom is 0.342 e. The van der Waals surface area contributed by atoms with Crippen molar-refractivity contribution in [2.75, 3.05) is 39.4 Å². The van der Waals surface area contributed by atoms with Gasteiger partial charge in [-0.3, -0.25) is 9.59 Å². The van der Waals surface area contributed by atoms with Crippen LogP contribution in [0, 0.1) is 0 Å². The zero-order valence-corrected chi connectivity index (χ0v) is 21.7. The van der Waals surface area contributed by atoms with Gasteiger partial charge in [-0.05, 0) is 78.7 Å². The third-order valence-electron chi connectivity index (χ3n) is 5.58. The molecule has 0 aliphatic carbocycles. The van der Waals surface area contributed by atoms with Gasteiger partial charge in [0.05, 0.1) is 13.2 Å². The number of hydrogen-bond donors (Lipinski definition) is 0. The Morgan fingerprint density at radius 2 is 0.912 bits per heavy atom. The highest BCUT2D eigenvalue weighted by atomic mass is 16.5. The molecule has 0 aromatic carbocycles. The van der Waals surface area contributed by atoms with Gasteiger partial charge < -0.3 is 19.3 Å². The molecule has 34 heavy (non-hydrogen) atoms. The van der Waals surface area contributed by atoms with Crippen LogP contribution < -0.4 is 0 Å². The highest BCUT2D eigenvalue weighted by Crippen LogP contribution is 2.19. The Bertz CT molecular complexity index is 855. The second-order valence-corrected chi connectivity index (χ2v) is 8.21. The minimum Gasteiger partial charge on any atom is -0.462 e. The first kappa shape index (κ1) is 28.9. The Balaban J connectivity index is 2.99. The lowest BCUT2D eigenvalue weighted by Crippen LogP contribution is -2.44. The minimum atomic E-state index is -0.599. The molecule has 1 heterocycles. The molecule has 0 aromatic rings. The lowest BCUT2D eigenvalue weighted by molar-refractivity contribution is -0.141. The zero-order valence-electron chi connectivity index (χ0n) is 21.7. The number of carbonyl (C=O) groups is 4. The lowest BCUT2D eigenvalue weighted by Gasteiger charge is -2.38. The van der Waals surface area contributed by atoms with Gasteiger partial charge in [0.15, 0.2) is 11.6 Å². The molecule has 1 fully saturated rings. The topological polar surface area (TPSA) is 93.2 Å². The Morgan fingerprint density at radius 3 is 1.15 bits per heavy atom. The van der Waals surface area contributed by atoms with E-state index in [2.05, 4.69) is 9.80 Å². The monoisotopic (exact) mass is 474 g/mol. The van der Waals surface area contributed by atoms with Crippen molar-refractivity contribution in [3.05, 3.63) is 45.8 Å². The average Bonchev–Trinajstić information content (AvgIpc) is 2.73. The zero-order chi connectivity index (χ0) is 26.0. The van der Waals surface area contributed by atoms with E-state index in [1.54, 1.807) is 27.7 Å². The van der Waals surface area contributed by atoms with Gasteiger partial charge in [0.2, 0.25) is 0 Å². The summed E-state index contributed by atoms with van der Waals surface area (Å²) in [4.78, 5) is 52.6. The summed E-state index contributed by atoms with van der Waals surface area (Å²) in [6.45, 7) is 16.9. The maximum atomic E-state index is 12.1. The van der Waals surface area contributed by atoms with Crippen molar-refractivity contribution in [1.29, 1.82) is 0 Å². The van der Waals surface area contributed by atoms with Gasteiger partial charge in [0, 0.05) is 37.6 Å². The molecule has 188 valence electrons. The highest BCUT2D eigenvalue weighted by molar-refractivity contribution is 6.17. The van der Waals surface area contributed by atoms with Crippen LogP contribution in [0.15, 0.2) is 45.8 Å². The van der Waals surface area contributed by atoms with E-state index < -0.39 is 11.9 Å². The molecule has 0 N–H and O–H groups in total. The molecule has 1 rings (SSSR count). The number of carbonyl (C=O) groups excluding carboxylic acids is 4. The van der Waals surface area contributed by atoms with Crippen LogP contribution in [0.4, 0.5) is 0 Å². The minimum absolute atomic E-state index is 0.0729. The summed E-state index contributed by atoms with van der Waals surface area (Å²) in [5.74, 6) is -1.83. The molecule has 8 heteroatoms. The first-order valence-corrected chi connectivity index (χ1v) is 11.6. The summed E-state index contributed by atoms with van der Waals surface area (Å²) in [6.07, 6.45) is 3.69. The molecule has 1 aliphatic heterocycles. The average molecular weight is 475 g/mol. The molecule has 0 radical (unpaired) electrons. The van der Waals surface area contributed by atoms with E-state index in [1.165, 1.54) is 13.8 Å². The van der Waals surface area contributed by atoms with Crippen molar-refractivity contribution in [1.82, 2.24) is 9.80 Å². The van der Waals surface area contributed by atoms with Gasteiger partial charge in [0.1, 0.15) is 11.1 Å². The molecular weight excluding hydrogens is 436 g/mol. The van der Waals surface area contributed by atoms with Crippen molar-refractivity contribution in [3.63, 3.8) is 0 Å². The first-order chi connectivity index (χ1) is 15.9. The van der Waals surface area contributed by atoms with E-state index in [1.807, 2.05) is 26.0 Å². The van der Waals surface area contributed by atoms with Crippen LogP contribution in [0.1, 0.15) is 55.4 Å². The van der Waals surface area contributed by atoms with Crippen molar-refractivity contribution >= 4 is 23.5 Å². The van der Waals surface area contributed by atoms with Gasteiger partial charge in [-0.15, -0.1) is 0 Å². The third kappa shape index (κ3) is 8.01. The summed E-state index contributed by atoms with van der Waals surface area (Å²) >= 11 is 0. The number of esters is 2. The van der Waals surface area contributed by atoms with E-state index in [0.29, 0.717) is 11.1 Å². The Labute approximate surface area is 202 Å². The van der Waals surface area contributed by atoms with Crippen LogP contribution in [-0.4, -0.2) is 72.7 Å². The van der Waals surface area contributed by atoms with E-state index >= 15 is 0 Å². The van der Waals surface area contributed by atoms with Gasteiger partial charge in [-0.2, -0.15) is 0 Å². The molecular formula is C26H38N2O6. The van der Waals surface area contributed by atoms with Gasteiger partial charge in [0.25, 0.3) is 0 Å². The van der Waals surface area contributed by atoms with E-state index in [9.17, 15) is 19.2 Å². The fourth-order valence-electron chi connectivity index (χ4n) is 3.94. The summed E-state index contributed by atoms with van der Waals surface area (Å²) in [5, 5.41) is 0. The molecule has 0 aromatic heterocycles. The summed E-state index contributed by atoms with van der Waals surface area (Å²) in [5.41, 5.74) is 3.22. The highest BCUT2D eigenvalue weighted by Gasteiger charge is 2.22. The number of ether oxygens (including phenoxy) is 2. The van der Waals surface area contributed by atoms with Crippen LogP contribution in [0.25, 0.3) is 0 Å². The predicted molar refractivity (Wildman–Crippen MR) is 131 cm³/mol. The smallest absolute Gasteiger partial charge is 0.342 e. The maximum absolute atomic E-state index is 12.1. The number of nitrogens with zero attached hydrogens (tertiary/aromatic N) is 2. The summed E-state index contributed by atoms with van der Waals surface area (Å²) in [7, 11) is 0. The first-order valence-electron chi connectivity index (χ1n) is 11.6. The third-order valence-corrected chi connectivity index (χ3v) is 5.58. The molecule has 0 spiro atoms. The van der Waals surface area contributed by atoms with Crippen molar-refractivity contribution < 1.29 is 28.7 Å². The number of ketones is 2. The number of hydrogen-bond acceptors (Lipinski definition) is 8. The largest absolute Gasteiger partial charge is 0.462 e. The van der Waals surface area contributed by atoms with Crippen LogP contribution in [-0.2, 0) is 28.7 Å². The van der Waals surface area contributed by atoms with Crippen molar-refractivity contribution in [2.45, 2.75) is 55.4 Å². The SMILES string of the molecule is CCOC(=O)/C(C(C)=O)=C(C)\C=C(/C)N1CCN(/C(C)=C/C(C)=C(\C(C)=O)C(=O)OCC)CC1. The second kappa shape index (κ2) is 13.5. The summed E-state index contributed by atoms with van der Waals surface area (Å²) < 4.78 is 10.0. The predicted octanol–water partition coefficient (Wildman–Crippen LogP) is 3.35. The second-order valence-electron chi connectivity index (χ2n) is 8.21. The Morgan fingerprint density at radius 1 is 0.618 bits per heavy atom. The molecule has 0 amide bonds. The fourth-order valence-corrected chi connectivity index (χ4v) is 3.94. The van der Waals surface area contributed by atoms with Gasteiger partial charge in [-0.25, -0.2) is 9.59 Å². The van der Waals surface area contributed by atoms with Crippen molar-refractivity contribution in [2.24, 2.45) is 0 Å². The Kier molecular flexibility index (Phi) is 11.5. The van der Waals surface area contributed by atoms with Gasteiger partial charge in [-0.1, -0.05) is 0 Å². The number of allylic oxidation sites excluding steroid dienone is 6. The number of piperazine rings is 1. The number of Topliss-reactive ketones (excluding diaryl/α,β-unsaturated/α-hetero) is 2. The lowest BCUT2D eigenvalue weighted by atomic mass is 10.0. The van der Waals surface area contributed by atoms with Gasteiger partial charge >= 0.3 is 11.9 Å². The quantitative estimate of drug-likeness (QED) is 0.156. The molecule has 0 unspecified atom stereocenters. The summed E-state index contributed by atoms with van der Waals surface area (Å²) in [6, 6.07) is 0. The van der Waals surface area contributed by atoms with E-state index in [-0.39, 0.29) is 35.9 Å². The van der Waals surface area contributed by atoms with Crippen LogP contribution >= 0.6 is 0 Å². The number of rotatable bonds is 10. The van der Waals surface area contributed by atoms with E-state index in [4.69, 9.17) is 9.47 Å². The molecule has 1 saturated heterocycles. The van der Waals surface area contributed by atoms with Crippen LogP contribution in [0.5, 0.6) is 0 Å². The molecule has 0 bridgehead atoms. The van der Waals surface area contributed by atoms with Crippen LogP contribution in [0.2, 0.25) is 0 Å². The van der Waals surface area contributed by atoms with E-state index in [0.717, 1.165) is 37.6 Å². The molecule has 8 nitrogen and oxygen atoms in total. The van der Waals surface area contributed by atoms with Crippen molar-refractivity contribution in [3.8, 4) is 0 Å². The van der Waals surface area contributed by atoms with Crippen LogP contribution in [0.3, 0.4) is 0 Å². The molecule has 1 aliphatic rings. The fraction of sp³-hybridized carbons (Fsp3) is 0.538. The Hall–Kier alpha value is -3.16. The standard InChI is InChI=1S/C26H38N2O6/c1-9-33-25(31)23(21(7)29)17(3)15-19(5)27-11-13-28(14-12-27)20(6)16-18(4)24(22(8)30)26(32)34-10-2/h15-16H,9-14H2,1-8H3/b19-15+,20-16+,23-17-,24-18+. The normalized spacial score (nSPS) is 16.5.